The summed E-state index contributed by atoms with van der Waals surface area (Å²) in [7, 11) is 0. The molecule has 2 fully saturated rings. The Bertz CT molecular complexity index is 201. The molecule has 88 valence electrons. The number of rotatable bonds is 4. The van der Waals surface area contributed by atoms with Crippen LogP contribution in [0.25, 0.3) is 0 Å². The van der Waals surface area contributed by atoms with Gasteiger partial charge in [0.15, 0.2) is 0 Å². The van der Waals surface area contributed by atoms with Crippen molar-refractivity contribution in [3.05, 3.63) is 0 Å². The van der Waals surface area contributed by atoms with Gasteiger partial charge in [0.25, 0.3) is 0 Å². The minimum atomic E-state index is 0.271. The highest BCUT2D eigenvalue weighted by Gasteiger charge is 2.43. The van der Waals surface area contributed by atoms with Crippen LogP contribution in [0.1, 0.15) is 58.3 Å². The Balaban J connectivity index is 1.81. The highest BCUT2D eigenvalue weighted by atomic mass is 16.5. The largest absolute Gasteiger partial charge is 0.375 e. The monoisotopic (exact) mass is 211 g/mol. The first-order chi connectivity index (χ1) is 7.26. The van der Waals surface area contributed by atoms with Crippen molar-refractivity contribution in [2.75, 3.05) is 6.61 Å². The standard InChI is InChI=1S/C13H25NO/c1-2-3-5-12(14)11-6-9-15-13(10-11)7-4-8-13/h11-12H,2-10,14H2,1H3. The van der Waals surface area contributed by atoms with Crippen molar-refractivity contribution in [3.8, 4) is 0 Å². The summed E-state index contributed by atoms with van der Waals surface area (Å²) in [5.41, 5.74) is 6.55. The van der Waals surface area contributed by atoms with Gasteiger partial charge in [0.2, 0.25) is 0 Å². The molecule has 15 heavy (non-hydrogen) atoms. The maximum Gasteiger partial charge on any atom is 0.0685 e. The molecule has 2 nitrogen and oxygen atoms in total. The molecule has 0 aromatic heterocycles. The van der Waals surface area contributed by atoms with Gasteiger partial charge >= 0.3 is 0 Å². The van der Waals surface area contributed by atoms with Gasteiger partial charge < -0.3 is 10.5 Å². The van der Waals surface area contributed by atoms with Crippen LogP contribution in [0.2, 0.25) is 0 Å². The summed E-state index contributed by atoms with van der Waals surface area (Å²) in [6, 6.07) is 0.423. The second kappa shape index (κ2) is 4.84. The van der Waals surface area contributed by atoms with Crippen molar-refractivity contribution in [2.45, 2.75) is 69.9 Å². The maximum atomic E-state index is 6.28. The van der Waals surface area contributed by atoms with Crippen LogP contribution < -0.4 is 5.73 Å². The predicted octanol–water partition coefficient (Wildman–Crippen LogP) is 2.85. The highest BCUT2D eigenvalue weighted by molar-refractivity contribution is 4.95. The first kappa shape index (κ1) is 11.4. The van der Waals surface area contributed by atoms with Crippen molar-refractivity contribution in [1.82, 2.24) is 0 Å². The molecule has 2 unspecified atom stereocenters. The molecule has 0 aromatic rings. The molecule has 2 N–H and O–H groups in total. The van der Waals surface area contributed by atoms with Crippen LogP contribution in [0.15, 0.2) is 0 Å². The van der Waals surface area contributed by atoms with Crippen LogP contribution in [0.4, 0.5) is 0 Å². The van der Waals surface area contributed by atoms with Crippen molar-refractivity contribution in [3.63, 3.8) is 0 Å². The Hall–Kier alpha value is -0.0800. The average molecular weight is 211 g/mol. The van der Waals surface area contributed by atoms with Gasteiger partial charge in [-0.2, -0.15) is 0 Å². The summed E-state index contributed by atoms with van der Waals surface area (Å²) < 4.78 is 5.93. The fourth-order valence-electron chi connectivity index (χ4n) is 3.03. The third-order valence-electron chi connectivity index (χ3n) is 4.29. The van der Waals surface area contributed by atoms with Gasteiger partial charge in [-0.15, -0.1) is 0 Å². The van der Waals surface area contributed by atoms with E-state index in [1.54, 1.807) is 0 Å². The molecule has 2 heteroatoms. The molecule has 2 aliphatic rings. The fourth-order valence-corrected chi connectivity index (χ4v) is 3.03. The van der Waals surface area contributed by atoms with Crippen LogP contribution in [-0.2, 0) is 4.74 Å². The summed E-state index contributed by atoms with van der Waals surface area (Å²) in [4.78, 5) is 0. The van der Waals surface area contributed by atoms with Gasteiger partial charge in [-0.25, -0.2) is 0 Å². The van der Waals surface area contributed by atoms with Crippen LogP contribution in [0, 0.1) is 5.92 Å². The third-order valence-corrected chi connectivity index (χ3v) is 4.29. The van der Waals surface area contributed by atoms with Crippen molar-refractivity contribution in [2.24, 2.45) is 11.7 Å². The third kappa shape index (κ3) is 2.54. The molecule has 0 bridgehead atoms. The molecule has 2 atom stereocenters. The number of ether oxygens (including phenoxy) is 1. The summed E-state index contributed by atoms with van der Waals surface area (Å²) >= 11 is 0. The van der Waals surface area contributed by atoms with Crippen molar-refractivity contribution >= 4 is 0 Å². The molecule has 1 saturated heterocycles. The lowest BCUT2D eigenvalue weighted by Crippen LogP contribution is -2.49. The normalized spacial score (nSPS) is 31.2. The zero-order chi connectivity index (χ0) is 10.7. The van der Waals surface area contributed by atoms with E-state index in [-0.39, 0.29) is 5.60 Å². The Labute approximate surface area is 93.6 Å². The molecule has 1 heterocycles. The minimum absolute atomic E-state index is 0.271. The molecule has 0 radical (unpaired) electrons. The summed E-state index contributed by atoms with van der Waals surface area (Å²) in [6.45, 7) is 3.19. The summed E-state index contributed by atoms with van der Waals surface area (Å²) in [6.07, 6.45) is 10.1. The summed E-state index contributed by atoms with van der Waals surface area (Å²) in [5.74, 6) is 0.727. The SMILES string of the molecule is CCCCC(N)C1CCOC2(CCC2)C1. The zero-order valence-electron chi connectivity index (χ0n) is 10.0. The van der Waals surface area contributed by atoms with E-state index in [1.807, 2.05) is 0 Å². The van der Waals surface area contributed by atoms with Crippen LogP contribution in [0.5, 0.6) is 0 Å². The minimum Gasteiger partial charge on any atom is -0.375 e. The molecule has 2 rings (SSSR count). The smallest absolute Gasteiger partial charge is 0.0685 e. The average Bonchev–Trinajstić information content (AvgIpc) is 2.24. The molecule has 1 spiro atoms. The van der Waals surface area contributed by atoms with Gasteiger partial charge in [-0.05, 0) is 44.4 Å². The Morgan fingerprint density at radius 2 is 2.27 bits per heavy atom. The molecule has 1 saturated carbocycles. The number of hydrogen-bond donors (Lipinski definition) is 1. The second-order valence-corrected chi connectivity index (χ2v) is 5.44. The molecular weight excluding hydrogens is 186 g/mol. The topological polar surface area (TPSA) is 35.2 Å². The maximum absolute atomic E-state index is 6.28. The van der Waals surface area contributed by atoms with E-state index in [0.29, 0.717) is 6.04 Å². The van der Waals surface area contributed by atoms with Crippen LogP contribution in [-0.4, -0.2) is 18.2 Å². The lowest BCUT2D eigenvalue weighted by atomic mass is 9.70. The van der Waals surface area contributed by atoms with E-state index in [0.717, 1.165) is 12.5 Å². The molecule has 1 aliphatic carbocycles. The van der Waals surface area contributed by atoms with E-state index < -0.39 is 0 Å². The van der Waals surface area contributed by atoms with Gasteiger partial charge in [0.1, 0.15) is 0 Å². The summed E-state index contributed by atoms with van der Waals surface area (Å²) in [5, 5.41) is 0. The quantitative estimate of drug-likeness (QED) is 0.776. The second-order valence-electron chi connectivity index (χ2n) is 5.44. The van der Waals surface area contributed by atoms with E-state index in [4.69, 9.17) is 10.5 Å². The van der Waals surface area contributed by atoms with Gasteiger partial charge in [0.05, 0.1) is 5.60 Å². The highest BCUT2D eigenvalue weighted by Crippen LogP contribution is 2.45. The van der Waals surface area contributed by atoms with Gasteiger partial charge in [0, 0.05) is 12.6 Å². The lowest BCUT2D eigenvalue weighted by Gasteiger charge is -2.48. The van der Waals surface area contributed by atoms with Gasteiger partial charge in [-0.1, -0.05) is 19.8 Å². The number of unbranched alkanes of at least 4 members (excludes halogenated alkanes) is 1. The van der Waals surface area contributed by atoms with E-state index in [1.165, 1.54) is 51.4 Å². The Kier molecular flexibility index (Phi) is 3.68. The van der Waals surface area contributed by atoms with Crippen molar-refractivity contribution < 1.29 is 4.74 Å². The lowest BCUT2D eigenvalue weighted by molar-refractivity contribution is -0.146. The van der Waals surface area contributed by atoms with Crippen LogP contribution in [0.3, 0.4) is 0 Å². The first-order valence-electron chi connectivity index (χ1n) is 6.65. The van der Waals surface area contributed by atoms with E-state index in [2.05, 4.69) is 6.92 Å². The fraction of sp³-hybridized carbons (Fsp3) is 1.00. The van der Waals surface area contributed by atoms with E-state index >= 15 is 0 Å². The molecule has 0 amide bonds. The van der Waals surface area contributed by atoms with E-state index in [9.17, 15) is 0 Å². The first-order valence-corrected chi connectivity index (χ1v) is 6.65. The van der Waals surface area contributed by atoms with Crippen LogP contribution >= 0.6 is 0 Å². The number of hydrogen-bond acceptors (Lipinski definition) is 2. The Morgan fingerprint density at radius 3 is 2.87 bits per heavy atom. The van der Waals surface area contributed by atoms with Gasteiger partial charge in [-0.3, -0.25) is 0 Å². The number of nitrogens with two attached hydrogens (primary N) is 1. The zero-order valence-corrected chi connectivity index (χ0v) is 10.0. The molecular formula is C13H25NO. The van der Waals surface area contributed by atoms with Crippen molar-refractivity contribution in [1.29, 1.82) is 0 Å². The molecule has 0 aromatic carbocycles. The Morgan fingerprint density at radius 1 is 1.47 bits per heavy atom. The molecule has 1 aliphatic heterocycles. The predicted molar refractivity (Wildman–Crippen MR) is 62.8 cm³/mol.